The Morgan fingerprint density at radius 3 is 2.74 bits per heavy atom. The zero-order valence-electron chi connectivity index (χ0n) is 11.0. The summed E-state index contributed by atoms with van der Waals surface area (Å²) in [7, 11) is 0. The molecule has 102 valence electrons. The Kier molecular flexibility index (Phi) is 2.51. The number of hydrogen-bond acceptors (Lipinski definition) is 4. The van der Waals surface area contributed by atoms with Gasteiger partial charge >= 0.3 is 0 Å². The molecule has 19 heavy (non-hydrogen) atoms. The molecule has 1 amide bonds. The molecule has 3 aliphatic rings. The average molecular weight is 277 g/mol. The lowest BCUT2D eigenvalue weighted by Gasteiger charge is -2.09. The van der Waals surface area contributed by atoms with Crippen LogP contribution in [0.25, 0.3) is 0 Å². The van der Waals surface area contributed by atoms with Gasteiger partial charge in [0.05, 0.1) is 6.04 Å². The van der Waals surface area contributed by atoms with E-state index in [0.717, 1.165) is 28.7 Å². The number of amides is 1. The van der Waals surface area contributed by atoms with Crippen molar-refractivity contribution in [3.63, 3.8) is 0 Å². The van der Waals surface area contributed by atoms with Crippen molar-refractivity contribution < 1.29 is 4.79 Å². The number of nitrogens with one attached hydrogen (secondary N) is 1. The highest BCUT2D eigenvalue weighted by Crippen LogP contribution is 2.65. The summed E-state index contributed by atoms with van der Waals surface area (Å²) >= 11 is 1.47. The normalized spacial score (nSPS) is 40.0. The van der Waals surface area contributed by atoms with Crippen LogP contribution >= 0.6 is 11.3 Å². The molecule has 3 N–H and O–H groups in total. The van der Waals surface area contributed by atoms with E-state index >= 15 is 0 Å². The fraction of sp³-hybridized carbons (Fsp3) is 0.714. The van der Waals surface area contributed by atoms with Gasteiger partial charge in [-0.3, -0.25) is 4.79 Å². The van der Waals surface area contributed by atoms with Gasteiger partial charge in [-0.25, -0.2) is 4.98 Å². The third-order valence-corrected chi connectivity index (χ3v) is 6.22. The highest BCUT2D eigenvalue weighted by atomic mass is 32.1. The summed E-state index contributed by atoms with van der Waals surface area (Å²) in [5.74, 6) is 3.30. The minimum atomic E-state index is -0.0947. The van der Waals surface area contributed by atoms with Gasteiger partial charge in [-0.2, -0.15) is 0 Å². The molecule has 4 rings (SSSR count). The molecule has 5 heteroatoms. The third-order valence-electron chi connectivity index (χ3n) is 5.18. The number of rotatable bonds is 3. The number of nitrogens with zero attached hydrogens (tertiary/aromatic N) is 1. The number of thiazole rings is 1. The van der Waals surface area contributed by atoms with Crippen LogP contribution in [0.15, 0.2) is 5.38 Å². The Morgan fingerprint density at radius 2 is 2.16 bits per heavy atom. The first-order valence-corrected chi connectivity index (χ1v) is 8.05. The van der Waals surface area contributed by atoms with Crippen LogP contribution in [0.2, 0.25) is 0 Å². The van der Waals surface area contributed by atoms with Crippen LogP contribution < -0.4 is 11.1 Å². The maximum Gasteiger partial charge on any atom is 0.270 e. The molecular formula is C14H19N3OS. The quantitative estimate of drug-likeness (QED) is 0.887. The smallest absolute Gasteiger partial charge is 0.270 e. The van der Waals surface area contributed by atoms with E-state index in [2.05, 4.69) is 10.3 Å². The number of fused-ring (bicyclic) bond motifs is 5. The van der Waals surface area contributed by atoms with Crippen molar-refractivity contribution in [3.8, 4) is 0 Å². The molecule has 1 aromatic rings. The largest absolute Gasteiger partial charge is 0.347 e. The maximum atomic E-state index is 12.2. The summed E-state index contributed by atoms with van der Waals surface area (Å²) < 4.78 is 0. The molecule has 0 aromatic carbocycles. The van der Waals surface area contributed by atoms with Gasteiger partial charge in [0.15, 0.2) is 0 Å². The minimum absolute atomic E-state index is 0.0121. The summed E-state index contributed by atoms with van der Waals surface area (Å²) in [5, 5.41) is 5.84. The Bertz CT molecular complexity index is 511. The van der Waals surface area contributed by atoms with Gasteiger partial charge in [-0.15, -0.1) is 11.3 Å². The molecule has 4 nitrogen and oxygen atoms in total. The van der Waals surface area contributed by atoms with Crippen molar-refractivity contribution in [1.82, 2.24) is 10.3 Å². The second kappa shape index (κ2) is 4.03. The fourth-order valence-corrected chi connectivity index (χ4v) is 5.10. The molecule has 5 unspecified atom stereocenters. The maximum absolute atomic E-state index is 12.2. The van der Waals surface area contributed by atoms with E-state index in [0.29, 0.717) is 11.7 Å². The van der Waals surface area contributed by atoms with E-state index in [-0.39, 0.29) is 11.9 Å². The van der Waals surface area contributed by atoms with E-state index in [1.165, 1.54) is 30.6 Å². The van der Waals surface area contributed by atoms with Crippen molar-refractivity contribution in [2.24, 2.45) is 29.4 Å². The molecule has 3 fully saturated rings. The van der Waals surface area contributed by atoms with Crippen molar-refractivity contribution in [2.45, 2.75) is 38.3 Å². The molecule has 5 atom stereocenters. The lowest BCUT2D eigenvalue weighted by atomic mass is 10.0. The first kappa shape index (κ1) is 11.9. The molecular weight excluding hydrogens is 258 g/mol. The molecule has 3 aliphatic carbocycles. The lowest BCUT2D eigenvalue weighted by molar-refractivity contribution is 0.0939. The van der Waals surface area contributed by atoms with E-state index in [1.807, 2.05) is 12.3 Å². The third kappa shape index (κ3) is 1.75. The van der Waals surface area contributed by atoms with E-state index in [1.54, 1.807) is 0 Å². The predicted molar refractivity (Wildman–Crippen MR) is 73.8 cm³/mol. The topological polar surface area (TPSA) is 68.0 Å². The van der Waals surface area contributed by atoms with Gasteiger partial charge in [-0.1, -0.05) is 0 Å². The molecule has 0 spiro atoms. The van der Waals surface area contributed by atoms with Gasteiger partial charge in [0.2, 0.25) is 0 Å². The van der Waals surface area contributed by atoms with Crippen LogP contribution in [0.1, 0.15) is 47.7 Å². The molecule has 3 saturated carbocycles. The van der Waals surface area contributed by atoms with Crippen LogP contribution in [0.4, 0.5) is 0 Å². The number of carbonyl (C=O) groups is 1. The Labute approximate surface area is 116 Å². The molecule has 1 heterocycles. The van der Waals surface area contributed by atoms with Gasteiger partial charge < -0.3 is 11.1 Å². The minimum Gasteiger partial charge on any atom is -0.347 e. The highest BCUT2D eigenvalue weighted by molar-refractivity contribution is 7.09. The second-order valence-corrected chi connectivity index (χ2v) is 7.24. The van der Waals surface area contributed by atoms with Crippen LogP contribution in [-0.2, 0) is 0 Å². The molecule has 0 aliphatic heterocycles. The van der Waals surface area contributed by atoms with Crippen LogP contribution in [0.5, 0.6) is 0 Å². The van der Waals surface area contributed by atoms with Crippen LogP contribution in [-0.4, -0.2) is 16.9 Å². The zero-order chi connectivity index (χ0) is 13.1. The number of hydrogen-bond donors (Lipinski definition) is 2. The number of nitrogens with two attached hydrogens (primary N) is 1. The average Bonchev–Trinajstić information content (AvgIpc) is 2.87. The van der Waals surface area contributed by atoms with Gasteiger partial charge in [0.1, 0.15) is 10.7 Å². The second-order valence-electron chi connectivity index (χ2n) is 6.35. The van der Waals surface area contributed by atoms with Crippen LogP contribution in [0.3, 0.4) is 0 Å². The van der Waals surface area contributed by atoms with Crippen LogP contribution in [0, 0.1) is 23.7 Å². The van der Waals surface area contributed by atoms with Crippen molar-refractivity contribution in [2.75, 3.05) is 0 Å². The SMILES string of the molecule is CC(N)c1nc(C(=O)NC2C3C4CCC(C4)C23)cs1. The Balaban J connectivity index is 1.42. The highest BCUT2D eigenvalue weighted by Gasteiger charge is 2.65. The zero-order valence-corrected chi connectivity index (χ0v) is 11.8. The van der Waals surface area contributed by atoms with E-state index in [9.17, 15) is 4.79 Å². The molecule has 0 saturated heterocycles. The monoisotopic (exact) mass is 277 g/mol. The van der Waals surface area contributed by atoms with Gasteiger partial charge in [0, 0.05) is 11.4 Å². The molecule has 0 radical (unpaired) electrons. The van der Waals surface area contributed by atoms with Crippen molar-refractivity contribution in [1.29, 1.82) is 0 Å². The Morgan fingerprint density at radius 1 is 1.47 bits per heavy atom. The van der Waals surface area contributed by atoms with E-state index in [4.69, 9.17) is 5.73 Å². The van der Waals surface area contributed by atoms with E-state index < -0.39 is 0 Å². The first-order valence-electron chi connectivity index (χ1n) is 7.17. The predicted octanol–water partition coefficient (Wildman–Crippen LogP) is 1.94. The molecule has 2 bridgehead atoms. The summed E-state index contributed by atoms with van der Waals surface area (Å²) in [4.78, 5) is 16.5. The lowest BCUT2D eigenvalue weighted by Crippen LogP contribution is -2.30. The Hall–Kier alpha value is -0.940. The van der Waals surface area contributed by atoms with Gasteiger partial charge in [-0.05, 0) is 49.9 Å². The van der Waals surface area contributed by atoms with Crippen molar-refractivity contribution >= 4 is 17.2 Å². The summed E-state index contributed by atoms with van der Waals surface area (Å²) in [6.45, 7) is 1.89. The number of aromatic nitrogens is 1. The first-order chi connectivity index (χ1) is 9.15. The molecule has 1 aromatic heterocycles. The van der Waals surface area contributed by atoms with Gasteiger partial charge in [0.25, 0.3) is 5.91 Å². The fourth-order valence-electron chi connectivity index (χ4n) is 4.34. The summed E-state index contributed by atoms with van der Waals surface area (Å²) in [6, 6.07) is 0.335. The summed E-state index contributed by atoms with van der Waals surface area (Å²) in [6.07, 6.45) is 4.17. The number of carbonyl (C=O) groups excluding carboxylic acids is 1. The van der Waals surface area contributed by atoms with Crippen molar-refractivity contribution in [3.05, 3.63) is 16.1 Å². The summed E-state index contributed by atoms with van der Waals surface area (Å²) in [5.41, 5.74) is 6.31. The standard InChI is InChI=1S/C14H19N3OS/c1-6(15)14-16-9(5-19-14)13(18)17-12-10-7-2-3-8(4-7)11(10)12/h5-8,10-12H,2-4,15H2,1H3,(H,17,18).